The molecular weight excluding hydrogens is 348 g/mol. The molecule has 24 heavy (non-hydrogen) atoms. The normalized spacial score (nSPS) is 21.5. The molecule has 1 heterocycles. The van der Waals surface area contributed by atoms with E-state index < -0.39 is 15.1 Å². The summed E-state index contributed by atoms with van der Waals surface area (Å²) in [6, 6.07) is 6.30. The Morgan fingerprint density at radius 2 is 1.88 bits per heavy atom. The van der Waals surface area contributed by atoms with E-state index in [9.17, 15) is 13.2 Å². The Labute approximate surface area is 150 Å². The van der Waals surface area contributed by atoms with Gasteiger partial charge < -0.3 is 10.6 Å². The van der Waals surface area contributed by atoms with Crippen LogP contribution in [0.4, 0.5) is 0 Å². The molecule has 5 nitrogen and oxygen atoms in total. The highest BCUT2D eigenvalue weighted by Crippen LogP contribution is 2.25. The molecule has 0 aromatic heterocycles. The van der Waals surface area contributed by atoms with E-state index in [4.69, 9.17) is 5.73 Å². The summed E-state index contributed by atoms with van der Waals surface area (Å²) >= 11 is 0. The number of nitrogens with zero attached hydrogens (tertiary/aromatic N) is 1. The molecule has 1 fully saturated rings. The summed E-state index contributed by atoms with van der Waals surface area (Å²) in [5.74, 6) is 0.318. The Morgan fingerprint density at radius 3 is 2.38 bits per heavy atom. The van der Waals surface area contributed by atoms with Gasteiger partial charge in [-0.1, -0.05) is 6.92 Å². The molecule has 1 amide bonds. The van der Waals surface area contributed by atoms with Crippen LogP contribution in [0.2, 0.25) is 0 Å². The van der Waals surface area contributed by atoms with Crippen molar-refractivity contribution in [2.45, 2.75) is 49.8 Å². The highest BCUT2D eigenvalue weighted by molar-refractivity contribution is 7.92. The van der Waals surface area contributed by atoms with E-state index in [-0.39, 0.29) is 29.3 Å². The largest absolute Gasteiger partial charge is 0.334 e. The average Bonchev–Trinajstić information content (AvgIpc) is 2.53. The summed E-state index contributed by atoms with van der Waals surface area (Å²) in [4.78, 5) is 14.8. The number of likely N-dealkylation sites (tertiary alicyclic amines) is 1. The lowest BCUT2D eigenvalue weighted by Crippen LogP contribution is -2.51. The van der Waals surface area contributed by atoms with Crippen molar-refractivity contribution in [2.24, 2.45) is 11.7 Å². The molecule has 7 heteroatoms. The van der Waals surface area contributed by atoms with Gasteiger partial charge in [-0.3, -0.25) is 4.79 Å². The van der Waals surface area contributed by atoms with E-state index in [0.29, 0.717) is 24.6 Å². The molecule has 2 atom stereocenters. The van der Waals surface area contributed by atoms with Crippen molar-refractivity contribution in [3.05, 3.63) is 29.8 Å². The number of hydrogen-bond acceptors (Lipinski definition) is 4. The monoisotopic (exact) mass is 374 g/mol. The molecule has 0 aliphatic carbocycles. The van der Waals surface area contributed by atoms with E-state index >= 15 is 0 Å². The van der Waals surface area contributed by atoms with Crippen molar-refractivity contribution in [1.82, 2.24) is 4.90 Å². The SMILES string of the molecule is CC1CCCN(C(=O)c2ccc(S(=O)(=O)C(C)C)cc2)C1CN.Cl. The summed E-state index contributed by atoms with van der Waals surface area (Å²) in [5.41, 5.74) is 6.36. The van der Waals surface area contributed by atoms with Gasteiger partial charge in [0, 0.05) is 24.7 Å². The van der Waals surface area contributed by atoms with Gasteiger partial charge >= 0.3 is 0 Å². The molecule has 1 aliphatic rings. The van der Waals surface area contributed by atoms with Gasteiger partial charge in [-0.2, -0.15) is 0 Å². The van der Waals surface area contributed by atoms with Gasteiger partial charge in [-0.15, -0.1) is 12.4 Å². The number of piperidine rings is 1. The Kier molecular flexibility index (Phi) is 7.25. The summed E-state index contributed by atoms with van der Waals surface area (Å²) in [6.07, 6.45) is 2.06. The van der Waals surface area contributed by atoms with Crippen LogP contribution in [0.15, 0.2) is 29.2 Å². The van der Waals surface area contributed by atoms with Crippen LogP contribution in [-0.2, 0) is 9.84 Å². The first-order valence-corrected chi connectivity index (χ1v) is 9.68. The molecule has 136 valence electrons. The van der Waals surface area contributed by atoms with Crippen LogP contribution in [-0.4, -0.2) is 43.6 Å². The Bertz CT molecular complexity index is 659. The van der Waals surface area contributed by atoms with Gasteiger partial charge in [-0.25, -0.2) is 8.42 Å². The van der Waals surface area contributed by atoms with Crippen LogP contribution in [0.25, 0.3) is 0 Å². The van der Waals surface area contributed by atoms with Crippen molar-refractivity contribution >= 4 is 28.2 Å². The van der Waals surface area contributed by atoms with Gasteiger partial charge in [0.1, 0.15) is 0 Å². The van der Waals surface area contributed by atoms with Crippen LogP contribution in [0.1, 0.15) is 44.0 Å². The second-order valence-corrected chi connectivity index (χ2v) is 9.04. The smallest absolute Gasteiger partial charge is 0.254 e. The van der Waals surface area contributed by atoms with Crippen LogP contribution < -0.4 is 5.73 Å². The Balaban J connectivity index is 0.00000288. The quantitative estimate of drug-likeness (QED) is 0.877. The third-order valence-corrected chi connectivity index (χ3v) is 6.84. The van der Waals surface area contributed by atoms with Crippen molar-refractivity contribution in [2.75, 3.05) is 13.1 Å². The van der Waals surface area contributed by atoms with E-state index in [1.807, 2.05) is 4.90 Å². The van der Waals surface area contributed by atoms with Crippen molar-refractivity contribution in [1.29, 1.82) is 0 Å². The summed E-state index contributed by atoms with van der Waals surface area (Å²) < 4.78 is 24.3. The minimum Gasteiger partial charge on any atom is -0.334 e. The van der Waals surface area contributed by atoms with Gasteiger partial charge in [0.05, 0.1) is 10.1 Å². The molecule has 2 rings (SSSR count). The topological polar surface area (TPSA) is 80.5 Å². The van der Waals surface area contributed by atoms with Crippen molar-refractivity contribution in [3.8, 4) is 0 Å². The maximum atomic E-state index is 12.7. The fourth-order valence-corrected chi connectivity index (χ4v) is 4.15. The van der Waals surface area contributed by atoms with Crippen LogP contribution in [0.3, 0.4) is 0 Å². The van der Waals surface area contributed by atoms with E-state index in [1.54, 1.807) is 26.0 Å². The molecule has 0 saturated carbocycles. The van der Waals surface area contributed by atoms with Gasteiger partial charge in [0.2, 0.25) is 0 Å². The highest BCUT2D eigenvalue weighted by Gasteiger charge is 2.31. The molecule has 1 aliphatic heterocycles. The molecule has 2 N–H and O–H groups in total. The van der Waals surface area contributed by atoms with Gasteiger partial charge in [0.25, 0.3) is 5.91 Å². The average molecular weight is 375 g/mol. The Hall–Kier alpha value is -1.11. The number of amides is 1. The second kappa shape index (κ2) is 8.32. The summed E-state index contributed by atoms with van der Waals surface area (Å²) in [7, 11) is -3.31. The highest BCUT2D eigenvalue weighted by atomic mass is 35.5. The number of hydrogen-bond donors (Lipinski definition) is 1. The maximum Gasteiger partial charge on any atom is 0.254 e. The fourth-order valence-electron chi connectivity index (χ4n) is 3.09. The first-order valence-electron chi connectivity index (χ1n) is 8.14. The predicted octanol–water partition coefficient (Wildman–Crippen LogP) is 2.49. The zero-order valence-corrected chi connectivity index (χ0v) is 16.1. The lowest BCUT2D eigenvalue weighted by atomic mass is 9.90. The molecule has 0 radical (unpaired) electrons. The number of rotatable bonds is 4. The molecule has 1 saturated heterocycles. The molecule has 2 unspecified atom stereocenters. The number of sulfone groups is 1. The fraction of sp³-hybridized carbons (Fsp3) is 0.588. The van der Waals surface area contributed by atoms with Crippen LogP contribution >= 0.6 is 12.4 Å². The molecule has 1 aromatic carbocycles. The first kappa shape index (κ1) is 20.9. The van der Waals surface area contributed by atoms with E-state index in [1.165, 1.54) is 12.1 Å². The van der Waals surface area contributed by atoms with Gasteiger partial charge in [0.15, 0.2) is 9.84 Å². The van der Waals surface area contributed by atoms with E-state index in [2.05, 4.69) is 6.92 Å². The number of carbonyl (C=O) groups excluding carboxylic acids is 1. The zero-order chi connectivity index (χ0) is 17.2. The number of halogens is 1. The lowest BCUT2D eigenvalue weighted by Gasteiger charge is -2.39. The summed E-state index contributed by atoms with van der Waals surface area (Å²) in [6.45, 7) is 6.57. The van der Waals surface area contributed by atoms with Crippen molar-refractivity contribution < 1.29 is 13.2 Å². The lowest BCUT2D eigenvalue weighted by molar-refractivity contribution is 0.0532. The number of carbonyl (C=O) groups is 1. The number of benzene rings is 1. The predicted molar refractivity (Wildman–Crippen MR) is 98.3 cm³/mol. The molecule has 0 spiro atoms. The zero-order valence-electron chi connectivity index (χ0n) is 14.4. The minimum atomic E-state index is -3.31. The van der Waals surface area contributed by atoms with Crippen LogP contribution in [0.5, 0.6) is 0 Å². The minimum absolute atomic E-state index is 0. The molecule has 1 aromatic rings. The standard InChI is InChI=1S/C17H26N2O3S.ClH/c1-12(2)23(21,22)15-8-6-14(7-9-15)17(20)19-10-4-5-13(3)16(19)11-18;/h6-9,12-13,16H,4-5,10-11,18H2,1-3H3;1H. The number of nitrogens with two attached hydrogens (primary N) is 1. The third-order valence-electron chi connectivity index (χ3n) is 4.67. The van der Waals surface area contributed by atoms with Crippen molar-refractivity contribution in [3.63, 3.8) is 0 Å². The maximum absolute atomic E-state index is 12.7. The molecule has 0 bridgehead atoms. The summed E-state index contributed by atoms with van der Waals surface area (Å²) in [5, 5.41) is -0.478. The Morgan fingerprint density at radius 1 is 1.29 bits per heavy atom. The first-order chi connectivity index (χ1) is 10.8. The van der Waals surface area contributed by atoms with Gasteiger partial charge in [-0.05, 0) is 56.9 Å². The third kappa shape index (κ3) is 4.10. The van der Waals surface area contributed by atoms with Crippen LogP contribution in [0, 0.1) is 5.92 Å². The van der Waals surface area contributed by atoms with E-state index in [0.717, 1.165) is 12.8 Å². The molecular formula is C17H27ClN2O3S. The second-order valence-electron chi connectivity index (χ2n) is 6.54.